The van der Waals surface area contributed by atoms with Crippen LogP contribution in [0.3, 0.4) is 0 Å². The number of esters is 2. The second-order valence-electron chi connectivity index (χ2n) is 2.44. The van der Waals surface area contributed by atoms with E-state index in [-0.39, 0.29) is 12.8 Å². The molecule has 0 aromatic heterocycles. The van der Waals surface area contributed by atoms with Crippen molar-refractivity contribution in [3.05, 3.63) is 10.1 Å². The van der Waals surface area contributed by atoms with Crippen molar-refractivity contribution in [2.24, 2.45) is 0 Å². The lowest BCUT2D eigenvalue weighted by Gasteiger charge is -2.05. The normalized spacial score (nSPS) is 11.6. The topological polar surface area (TPSA) is 95.7 Å². The first kappa shape index (κ1) is 12.3. The van der Waals surface area contributed by atoms with Crippen LogP contribution < -0.4 is 0 Å². The first-order valence-corrected chi connectivity index (χ1v) is 3.81. The van der Waals surface area contributed by atoms with Crippen molar-refractivity contribution in [2.45, 2.75) is 18.9 Å². The Morgan fingerprint density at radius 2 is 1.93 bits per heavy atom. The Bertz CT molecular complexity index is 238. The summed E-state index contributed by atoms with van der Waals surface area (Å²) in [5, 5.41) is 10.4. The van der Waals surface area contributed by atoms with Crippen molar-refractivity contribution in [1.29, 1.82) is 0 Å². The van der Waals surface area contributed by atoms with Crippen molar-refractivity contribution >= 4 is 11.9 Å². The molecule has 0 rings (SSSR count). The Morgan fingerprint density at radius 3 is 2.29 bits per heavy atom. The molecular weight excluding hydrogens is 194 g/mol. The predicted octanol–water partition coefficient (Wildman–Crippen LogP) is -0.242. The maximum Gasteiger partial charge on any atom is 0.381 e. The number of carbonyl (C=O) groups excluding carboxylic acids is 2. The van der Waals surface area contributed by atoms with E-state index >= 15 is 0 Å². The highest BCUT2D eigenvalue weighted by molar-refractivity contribution is 5.75. The number of carbonyl (C=O) groups is 2. The first-order chi connectivity index (χ1) is 6.52. The number of nitrogens with zero attached hydrogens (tertiary/aromatic N) is 1. The summed E-state index contributed by atoms with van der Waals surface area (Å²) >= 11 is 0. The third kappa shape index (κ3) is 3.83. The molecule has 7 heteroatoms. The van der Waals surface area contributed by atoms with E-state index in [9.17, 15) is 19.7 Å². The van der Waals surface area contributed by atoms with Crippen LogP contribution in [0.4, 0.5) is 0 Å². The van der Waals surface area contributed by atoms with Crippen molar-refractivity contribution in [3.63, 3.8) is 0 Å². The Balaban J connectivity index is 4.18. The van der Waals surface area contributed by atoms with Crippen LogP contribution in [0.2, 0.25) is 0 Å². The molecule has 0 heterocycles. The molecule has 0 saturated carbocycles. The van der Waals surface area contributed by atoms with Gasteiger partial charge in [0.25, 0.3) is 0 Å². The van der Waals surface area contributed by atoms with E-state index in [0.717, 1.165) is 7.11 Å². The van der Waals surface area contributed by atoms with Gasteiger partial charge in [0.2, 0.25) is 0 Å². The molecule has 0 fully saturated rings. The number of nitro groups is 1. The Hall–Kier alpha value is -1.66. The molecule has 0 bridgehead atoms. The molecule has 7 nitrogen and oxygen atoms in total. The van der Waals surface area contributed by atoms with Crippen molar-refractivity contribution in [1.82, 2.24) is 0 Å². The minimum absolute atomic E-state index is 0.183. The lowest BCUT2D eigenvalue weighted by Crippen LogP contribution is -2.31. The van der Waals surface area contributed by atoms with Crippen molar-refractivity contribution < 1.29 is 24.0 Å². The number of hydrogen-bond acceptors (Lipinski definition) is 6. The summed E-state index contributed by atoms with van der Waals surface area (Å²) in [6.45, 7) is 0. The van der Waals surface area contributed by atoms with Gasteiger partial charge in [-0.15, -0.1) is 0 Å². The molecule has 1 unspecified atom stereocenters. The Labute approximate surface area is 80.1 Å². The summed E-state index contributed by atoms with van der Waals surface area (Å²) in [5.41, 5.74) is 0. The fourth-order valence-corrected chi connectivity index (χ4v) is 0.802. The van der Waals surface area contributed by atoms with Crippen LogP contribution in [-0.2, 0) is 19.1 Å². The molecule has 0 aromatic rings. The SMILES string of the molecule is COC(=O)CCC(C(=O)OC)[N+](=O)[O-]. The standard InChI is InChI=1S/C7H11NO6/c1-13-6(9)4-3-5(8(11)12)7(10)14-2/h5H,3-4H2,1-2H3. The summed E-state index contributed by atoms with van der Waals surface area (Å²) in [7, 11) is 2.22. The highest BCUT2D eigenvalue weighted by atomic mass is 16.6. The summed E-state index contributed by atoms with van der Waals surface area (Å²) in [4.78, 5) is 31.1. The van der Waals surface area contributed by atoms with Crippen LogP contribution in [-0.4, -0.2) is 37.1 Å². The summed E-state index contributed by atoms with van der Waals surface area (Å²) < 4.78 is 8.49. The summed E-state index contributed by atoms with van der Waals surface area (Å²) in [6, 6.07) is -1.50. The molecule has 0 saturated heterocycles. The van der Waals surface area contributed by atoms with Gasteiger partial charge in [-0.1, -0.05) is 0 Å². The first-order valence-electron chi connectivity index (χ1n) is 3.81. The predicted molar refractivity (Wildman–Crippen MR) is 44.0 cm³/mol. The number of ether oxygens (including phenoxy) is 2. The summed E-state index contributed by atoms with van der Waals surface area (Å²) in [6.07, 6.45) is -0.399. The van der Waals surface area contributed by atoms with E-state index in [4.69, 9.17) is 0 Å². The third-order valence-electron chi connectivity index (χ3n) is 1.58. The molecule has 0 radical (unpaired) electrons. The number of hydrogen-bond donors (Lipinski definition) is 0. The van der Waals surface area contributed by atoms with E-state index in [0.29, 0.717) is 0 Å². The van der Waals surface area contributed by atoms with Crippen molar-refractivity contribution in [3.8, 4) is 0 Å². The monoisotopic (exact) mass is 205 g/mol. The van der Waals surface area contributed by atoms with Gasteiger partial charge < -0.3 is 9.47 Å². The van der Waals surface area contributed by atoms with Gasteiger partial charge >= 0.3 is 18.0 Å². The van der Waals surface area contributed by atoms with Gasteiger partial charge in [0, 0.05) is 11.3 Å². The van der Waals surface area contributed by atoms with E-state index < -0.39 is 22.9 Å². The largest absolute Gasteiger partial charge is 0.469 e. The molecule has 0 aliphatic rings. The van der Waals surface area contributed by atoms with Gasteiger partial charge in [0.1, 0.15) is 0 Å². The van der Waals surface area contributed by atoms with Gasteiger partial charge in [0.15, 0.2) is 0 Å². The molecule has 0 N–H and O–H groups in total. The zero-order valence-electron chi connectivity index (χ0n) is 7.89. The molecular formula is C7H11NO6. The smallest absolute Gasteiger partial charge is 0.381 e. The van der Waals surface area contributed by atoms with E-state index in [1.807, 2.05) is 0 Å². The zero-order chi connectivity index (χ0) is 11.1. The maximum atomic E-state index is 10.8. The lowest BCUT2D eigenvalue weighted by molar-refractivity contribution is -0.511. The second kappa shape index (κ2) is 5.90. The van der Waals surface area contributed by atoms with Crippen LogP contribution in [0.1, 0.15) is 12.8 Å². The minimum Gasteiger partial charge on any atom is -0.469 e. The average molecular weight is 205 g/mol. The van der Waals surface area contributed by atoms with Crippen molar-refractivity contribution in [2.75, 3.05) is 14.2 Å². The van der Waals surface area contributed by atoms with E-state index in [1.165, 1.54) is 7.11 Å². The lowest BCUT2D eigenvalue weighted by atomic mass is 10.2. The highest BCUT2D eigenvalue weighted by Crippen LogP contribution is 2.04. The van der Waals surface area contributed by atoms with Crippen LogP contribution in [0.15, 0.2) is 0 Å². The fraction of sp³-hybridized carbons (Fsp3) is 0.714. The third-order valence-corrected chi connectivity index (χ3v) is 1.58. The molecule has 0 aliphatic heterocycles. The van der Waals surface area contributed by atoms with Gasteiger partial charge in [0.05, 0.1) is 20.6 Å². The van der Waals surface area contributed by atoms with Crippen LogP contribution in [0.5, 0.6) is 0 Å². The van der Waals surface area contributed by atoms with Gasteiger partial charge in [-0.05, 0) is 0 Å². The number of methoxy groups -OCH3 is 2. The molecule has 0 aliphatic carbocycles. The van der Waals surface area contributed by atoms with Crippen LogP contribution in [0, 0.1) is 10.1 Å². The van der Waals surface area contributed by atoms with E-state index in [1.54, 1.807) is 0 Å². The molecule has 0 spiro atoms. The molecule has 1 atom stereocenters. The number of rotatable bonds is 5. The summed E-state index contributed by atoms with van der Waals surface area (Å²) in [5.74, 6) is -1.56. The van der Waals surface area contributed by atoms with Gasteiger partial charge in [-0.25, -0.2) is 4.79 Å². The van der Waals surface area contributed by atoms with Gasteiger partial charge in [-0.3, -0.25) is 14.9 Å². The van der Waals surface area contributed by atoms with Crippen LogP contribution in [0.25, 0.3) is 0 Å². The molecule has 80 valence electrons. The minimum atomic E-state index is -1.50. The fourth-order valence-electron chi connectivity index (χ4n) is 0.802. The van der Waals surface area contributed by atoms with Crippen LogP contribution >= 0.6 is 0 Å². The molecule has 14 heavy (non-hydrogen) atoms. The highest BCUT2D eigenvalue weighted by Gasteiger charge is 2.31. The Kier molecular flexibility index (Phi) is 5.20. The zero-order valence-corrected chi connectivity index (χ0v) is 7.89. The van der Waals surface area contributed by atoms with Gasteiger partial charge in [-0.2, -0.15) is 0 Å². The Morgan fingerprint density at radius 1 is 1.36 bits per heavy atom. The maximum absolute atomic E-state index is 10.8. The molecule has 0 amide bonds. The average Bonchev–Trinajstić information content (AvgIpc) is 2.16. The molecule has 0 aromatic carbocycles. The second-order valence-corrected chi connectivity index (χ2v) is 2.44. The quantitative estimate of drug-likeness (QED) is 0.349. The van der Waals surface area contributed by atoms with E-state index in [2.05, 4.69) is 9.47 Å².